The lowest BCUT2D eigenvalue weighted by atomic mass is 10.1. The SMILES string of the molecule is CC(C)(C)NC(=O)C1C[C@]1(NC(=O)CCc1ccc(F)cc1)C(=O)OCc1ccccc1. The Bertz CT molecular complexity index is 970. The minimum absolute atomic E-state index is 0.0560. The van der Waals surface area contributed by atoms with Crippen molar-refractivity contribution in [1.82, 2.24) is 10.6 Å². The molecular formula is C25H29FN2O4. The van der Waals surface area contributed by atoms with Crippen molar-refractivity contribution in [1.29, 1.82) is 0 Å². The first-order chi connectivity index (χ1) is 15.1. The number of hydrogen-bond acceptors (Lipinski definition) is 4. The lowest BCUT2D eigenvalue weighted by molar-refractivity contribution is -0.152. The summed E-state index contributed by atoms with van der Waals surface area (Å²) in [5.74, 6) is -2.32. The normalized spacial score (nSPS) is 19.7. The van der Waals surface area contributed by atoms with Crippen LogP contribution in [0.4, 0.5) is 4.39 Å². The molecule has 32 heavy (non-hydrogen) atoms. The van der Waals surface area contributed by atoms with Crippen molar-refractivity contribution >= 4 is 17.8 Å². The molecule has 2 aromatic rings. The van der Waals surface area contributed by atoms with E-state index in [0.29, 0.717) is 6.42 Å². The van der Waals surface area contributed by atoms with Crippen LogP contribution in [0.25, 0.3) is 0 Å². The maximum atomic E-state index is 13.1. The molecular weight excluding hydrogens is 411 g/mol. The van der Waals surface area contributed by atoms with Gasteiger partial charge in [0.15, 0.2) is 5.54 Å². The maximum absolute atomic E-state index is 13.1. The first kappa shape index (κ1) is 23.4. The van der Waals surface area contributed by atoms with Crippen LogP contribution >= 0.6 is 0 Å². The summed E-state index contributed by atoms with van der Waals surface area (Å²) < 4.78 is 18.5. The van der Waals surface area contributed by atoms with E-state index in [4.69, 9.17) is 4.74 Å². The fourth-order valence-corrected chi connectivity index (χ4v) is 3.52. The highest BCUT2D eigenvalue weighted by atomic mass is 19.1. The van der Waals surface area contributed by atoms with E-state index in [2.05, 4.69) is 10.6 Å². The van der Waals surface area contributed by atoms with Gasteiger partial charge in [-0.25, -0.2) is 9.18 Å². The molecule has 2 N–H and O–H groups in total. The van der Waals surface area contributed by atoms with E-state index in [-0.39, 0.29) is 37.1 Å². The van der Waals surface area contributed by atoms with E-state index in [1.54, 1.807) is 12.1 Å². The topological polar surface area (TPSA) is 84.5 Å². The zero-order chi connectivity index (χ0) is 23.4. The van der Waals surface area contributed by atoms with Crippen molar-refractivity contribution < 1.29 is 23.5 Å². The molecule has 0 aromatic heterocycles. The second-order valence-corrected chi connectivity index (χ2v) is 9.20. The van der Waals surface area contributed by atoms with Crippen molar-refractivity contribution in [3.05, 3.63) is 71.5 Å². The summed E-state index contributed by atoms with van der Waals surface area (Å²) in [6.07, 6.45) is 0.678. The molecule has 1 unspecified atom stereocenters. The standard InChI is InChI=1S/C25H29FN2O4/c1-24(2,3)28-22(30)20-15-25(20,23(31)32-16-18-7-5-4-6-8-18)27-21(29)14-11-17-9-12-19(26)13-10-17/h4-10,12-13,20H,11,14-16H2,1-3H3,(H,27,29)(H,28,30)/t20?,25-/m1/s1. The number of nitrogens with one attached hydrogen (secondary N) is 2. The summed E-state index contributed by atoms with van der Waals surface area (Å²) in [4.78, 5) is 38.3. The highest BCUT2D eigenvalue weighted by Crippen LogP contribution is 2.45. The second kappa shape index (κ2) is 9.51. The summed E-state index contributed by atoms with van der Waals surface area (Å²) in [6, 6.07) is 15.1. The fourth-order valence-electron chi connectivity index (χ4n) is 3.52. The molecule has 170 valence electrons. The third-order valence-electron chi connectivity index (χ3n) is 5.27. The van der Waals surface area contributed by atoms with Gasteiger partial charge in [0, 0.05) is 12.0 Å². The summed E-state index contributed by atoms with van der Waals surface area (Å²) in [7, 11) is 0. The average molecular weight is 441 g/mol. The van der Waals surface area contributed by atoms with Gasteiger partial charge in [0.1, 0.15) is 12.4 Å². The number of hydrogen-bond donors (Lipinski definition) is 2. The molecule has 0 spiro atoms. The molecule has 0 aliphatic heterocycles. The van der Waals surface area contributed by atoms with E-state index in [1.165, 1.54) is 12.1 Å². The second-order valence-electron chi connectivity index (χ2n) is 9.20. The highest BCUT2D eigenvalue weighted by molar-refractivity contribution is 6.00. The first-order valence-corrected chi connectivity index (χ1v) is 10.7. The Morgan fingerprint density at radius 1 is 1.03 bits per heavy atom. The average Bonchev–Trinajstić information content (AvgIpc) is 3.46. The molecule has 0 radical (unpaired) electrons. The molecule has 1 fully saturated rings. The number of carbonyl (C=O) groups excluding carboxylic acids is 3. The quantitative estimate of drug-likeness (QED) is 0.617. The van der Waals surface area contributed by atoms with Crippen LogP contribution < -0.4 is 10.6 Å². The summed E-state index contributed by atoms with van der Waals surface area (Å²) in [6.45, 7) is 5.61. The number of rotatable bonds is 8. The molecule has 3 rings (SSSR count). The van der Waals surface area contributed by atoms with Crippen molar-refractivity contribution in [2.24, 2.45) is 5.92 Å². The van der Waals surface area contributed by atoms with E-state index in [1.807, 2.05) is 51.1 Å². The zero-order valence-corrected chi connectivity index (χ0v) is 18.6. The Kier molecular flexibility index (Phi) is 6.96. The number of aryl methyl sites for hydroxylation is 1. The molecule has 7 heteroatoms. The zero-order valence-electron chi connectivity index (χ0n) is 18.6. The number of benzene rings is 2. The molecule has 1 aliphatic rings. The Morgan fingerprint density at radius 2 is 1.69 bits per heavy atom. The highest BCUT2D eigenvalue weighted by Gasteiger charge is 2.66. The summed E-state index contributed by atoms with van der Waals surface area (Å²) in [5, 5.41) is 5.62. The van der Waals surface area contributed by atoms with Crippen molar-refractivity contribution in [2.45, 2.75) is 57.7 Å². The number of amides is 2. The Balaban J connectivity index is 1.66. The third kappa shape index (κ3) is 6.15. The molecule has 1 saturated carbocycles. The number of halogens is 1. The monoisotopic (exact) mass is 440 g/mol. The summed E-state index contributed by atoms with van der Waals surface area (Å²) in [5.41, 5.74) is -0.217. The lowest BCUT2D eigenvalue weighted by Crippen LogP contribution is -2.50. The van der Waals surface area contributed by atoms with Gasteiger partial charge in [-0.1, -0.05) is 42.5 Å². The molecule has 0 saturated heterocycles. The Hall–Kier alpha value is -3.22. The largest absolute Gasteiger partial charge is 0.459 e. The molecule has 2 aromatic carbocycles. The van der Waals surface area contributed by atoms with Gasteiger partial charge in [-0.3, -0.25) is 9.59 Å². The van der Waals surface area contributed by atoms with Gasteiger partial charge in [0.25, 0.3) is 0 Å². The third-order valence-corrected chi connectivity index (χ3v) is 5.27. The molecule has 2 amide bonds. The van der Waals surface area contributed by atoms with Gasteiger partial charge >= 0.3 is 5.97 Å². The van der Waals surface area contributed by atoms with Crippen molar-refractivity contribution in [3.8, 4) is 0 Å². The van der Waals surface area contributed by atoms with E-state index in [0.717, 1.165) is 11.1 Å². The van der Waals surface area contributed by atoms with Crippen LogP contribution in [0.2, 0.25) is 0 Å². The number of ether oxygens (including phenoxy) is 1. The van der Waals surface area contributed by atoms with Crippen LogP contribution in [0.1, 0.15) is 44.7 Å². The number of esters is 1. The van der Waals surface area contributed by atoms with Crippen molar-refractivity contribution in [2.75, 3.05) is 0 Å². The van der Waals surface area contributed by atoms with Crippen LogP contribution in [0, 0.1) is 11.7 Å². The van der Waals surface area contributed by atoms with Gasteiger partial charge in [-0.2, -0.15) is 0 Å². The first-order valence-electron chi connectivity index (χ1n) is 10.7. The minimum Gasteiger partial charge on any atom is -0.459 e. The van der Waals surface area contributed by atoms with Gasteiger partial charge in [0.2, 0.25) is 11.8 Å². The van der Waals surface area contributed by atoms with Crippen LogP contribution in [0.5, 0.6) is 0 Å². The molecule has 1 aliphatic carbocycles. The van der Waals surface area contributed by atoms with Crippen molar-refractivity contribution in [3.63, 3.8) is 0 Å². The van der Waals surface area contributed by atoms with Gasteiger partial charge in [-0.05, 0) is 56.9 Å². The Morgan fingerprint density at radius 3 is 2.31 bits per heavy atom. The smallest absolute Gasteiger partial charge is 0.333 e. The summed E-state index contributed by atoms with van der Waals surface area (Å²) >= 11 is 0. The van der Waals surface area contributed by atoms with Crippen LogP contribution in [-0.2, 0) is 32.1 Å². The minimum atomic E-state index is -1.37. The van der Waals surface area contributed by atoms with Gasteiger partial charge in [-0.15, -0.1) is 0 Å². The molecule has 6 nitrogen and oxygen atoms in total. The van der Waals surface area contributed by atoms with Gasteiger partial charge in [0.05, 0.1) is 5.92 Å². The maximum Gasteiger partial charge on any atom is 0.333 e. The van der Waals surface area contributed by atoms with Crippen LogP contribution in [0.15, 0.2) is 54.6 Å². The van der Waals surface area contributed by atoms with E-state index < -0.39 is 23.0 Å². The lowest BCUT2D eigenvalue weighted by Gasteiger charge is -2.23. The van der Waals surface area contributed by atoms with E-state index >= 15 is 0 Å². The predicted molar refractivity (Wildman–Crippen MR) is 118 cm³/mol. The number of carbonyl (C=O) groups is 3. The molecule has 2 atom stereocenters. The van der Waals surface area contributed by atoms with E-state index in [9.17, 15) is 18.8 Å². The fraction of sp³-hybridized carbons (Fsp3) is 0.400. The van der Waals surface area contributed by atoms with Gasteiger partial charge < -0.3 is 15.4 Å². The molecule has 0 heterocycles. The Labute approximate surface area is 187 Å². The predicted octanol–water partition coefficient (Wildman–Crippen LogP) is 3.29. The molecule has 0 bridgehead atoms. The van der Waals surface area contributed by atoms with Crippen LogP contribution in [0.3, 0.4) is 0 Å². The van der Waals surface area contributed by atoms with Crippen LogP contribution in [-0.4, -0.2) is 28.9 Å².